The topological polar surface area (TPSA) is 88.4 Å². The Morgan fingerprint density at radius 1 is 1.12 bits per heavy atom. The summed E-state index contributed by atoms with van der Waals surface area (Å²) in [6.45, 7) is 4.17. The Morgan fingerprint density at radius 2 is 1.96 bits per heavy atom. The Hall–Kier alpha value is -3.48. The van der Waals surface area contributed by atoms with Crippen molar-refractivity contribution >= 4 is 17.3 Å². The van der Waals surface area contributed by atoms with Crippen LogP contribution in [0.4, 0.5) is 0 Å². The third-order valence-corrected chi connectivity index (χ3v) is 3.53. The van der Waals surface area contributed by atoms with Crippen LogP contribution in [0.5, 0.6) is 0 Å². The average Bonchev–Trinajstić information content (AvgIpc) is 3.05. The van der Waals surface area contributed by atoms with E-state index >= 15 is 0 Å². The molecule has 0 unspecified atom stereocenters. The lowest BCUT2D eigenvalue weighted by atomic mass is 10.3. The summed E-state index contributed by atoms with van der Waals surface area (Å²) < 4.78 is 1.59. The number of hydrogen-bond acceptors (Lipinski definition) is 4. The molecule has 0 aliphatic rings. The minimum atomic E-state index is -0.370. The van der Waals surface area contributed by atoms with E-state index < -0.39 is 0 Å². The minimum Gasteiger partial charge on any atom is -0.346 e. The van der Waals surface area contributed by atoms with Crippen LogP contribution in [0.1, 0.15) is 26.8 Å². The van der Waals surface area contributed by atoms with Gasteiger partial charge >= 0.3 is 0 Å². The first-order chi connectivity index (χ1) is 12.2. The van der Waals surface area contributed by atoms with Crippen LogP contribution in [0.25, 0.3) is 5.52 Å². The van der Waals surface area contributed by atoms with Gasteiger partial charge in [0.25, 0.3) is 11.8 Å². The van der Waals surface area contributed by atoms with Crippen LogP contribution >= 0.6 is 0 Å². The molecule has 3 rings (SSSR count). The summed E-state index contributed by atoms with van der Waals surface area (Å²) in [4.78, 5) is 33.2. The number of carbonyl (C=O) groups is 2. The normalized spacial score (nSPS) is 10.4. The van der Waals surface area contributed by atoms with Gasteiger partial charge < -0.3 is 10.6 Å². The molecule has 0 aliphatic carbocycles. The largest absolute Gasteiger partial charge is 0.346 e. The van der Waals surface area contributed by atoms with Gasteiger partial charge in [-0.2, -0.15) is 0 Å². The van der Waals surface area contributed by atoms with Crippen molar-refractivity contribution in [3.05, 3.63) is 78.7 Å². The van der Waals surface area contributed by atoms with Crippen molar-refractivity contribution in [2.24, 2.45) is 0 Å². The van der Waals surface area contributed by atoms with Gasteiger partial charge in [0.05, 0.1) is 17.8 Å². The summed E-state index contributed by atoms with van der Waals surface area (Å²) in [6.07, 6.45) is 4.93. The summed E-state index contributed by atoms with van der Waals surface area (Å²) in [5.41, 5.74) is 1.49. The molecule has 0 bridgehead atoms. The van der Waals surface area contributed by atoms with Crippen molar-refractivity contribution < 1.29 is 9.59 Å². The highest BCUT2D eigenvalue weighted by Gasteiger charge is 2.20. The van der Waals surface area contributed by atoms with Gasteiger partial charge in [0, 0.05) is 18.9 Å². The van der Waals surface area contributed by atoms with Gasteiger partial charge in [-0.15, -0.1) is 6.58 Å². The number of aromatic nitrogens is 3. The van der Waals surface area contributed by atoms with Crippen molar-refractivity contribution in [3.8, 4) is 0 Å². The van der Waals surface area contributed by atoms with E-state index in [9.17, 15) is 9.59 Å². The van der Waals surface area contributed by atoms with E-state index in [0.29, 0.717) is 12.1 Å². The Morgan fingerprint density at radius 3 is 2.72 bits per heavy atom. The molecule has 3 aromatic rings. The molecule has 0 aliphatic heterocycles. The van der Waals surface area contributed by atoms with Crippen LogP contribution in [0, 0.1) is 0 Å². The van der Waals surface area contributed by atoms with Crippen LogP contribution in [0.15, 0.2) is 61.4 Å². The lowest BCUT2D eigenvalue weighted by molar-refractivity contribution is 0.0946. The molecule has 2 amide bonds. The van der Waals surface area contributed by atoms with Crippen LogP contribution < -0.4 is 10.6 Å². The molecule has 0 saturated carbocycles. The maximum Gasteiger partial charge on any atom is 0.287 e. The van der Waals surface area contributed by atoms with E-state index in [2.05, 4.69) is 27.2 Å². The molecular weight excluding hydrogens is 318 g/mol. The predicted octanol–water partition coefficient (Wildman–Crippen LogP) is 1.58. The molecule has 0 spiro atoms. The molecule has 3 aromatic heterocycles. The first kappa shape index (κ1) is 16.4. The molecule has 0 fully saturated rings. The molecule has 7 heteroatoms. The van der Waals surface area contributed by atoms with Crippen molar-refractivity contribution in [2.75, 3.05) is 6.54 Å². The second kappa shape index (κ2) is 7.39. The first-order valence-corrected chi connectivity index (χ1v) is 7.75. The van der Waals surface area contributed by atoms with Crippen molar-refractivity contribution in [1.29, 1.82) is 0 Å². The summed E-state index contributed by atoms with van der Waals surface area (Å²) >= 11 is 0. The Kier molecular flexibility index (Phi) is 4.84. The number of pyridine rings is 2. The van der Waals surface area contributed by atoms with Gasteiger partial charge in [-0.3, -0.25) is 19.0 Å². The van der Waals surface area contributed by atoms with Gasteiger partial charge in [-0.25, -0.2) is 4.98 Å². The van der Waals surface area contributed by atoms with Crippen molar-refractivity contribution in [3.63, 3.8) is 0 Å². The summed E-state index contributed by atoms with van der Waals surface area (Å²) in [5, 5.41) is 5.45. The summed E-state index contributed by atoms with van der Waals surface area (Å²) in [7, 11) is 0. The third kappa shape index (κ3) is 3.55. The molecule has 0 aromatic carbocycles. The number of nitrogens with zero attached hydrogens (tertiary/aromatic N) is 3. The number of amides is 2. The van der Waals surface area contributed by atoms with Gasteiger partial charge in [0.15, 0.2) is 5.69 Å². The third-order valence-electron chi connectivity index (χ3n) is 3.53. The van der Waals surface area contributed by atoms with E-state index in [0.717, 1.165) is 5.69 Å². The zero-order valence-electron chi connectivity index (χ0n) is 13.5. The van der Waals surface area contributed by atoms with E-state index in [1.807, 2.05) is 18.2 Å². The number of nitrogens with one attached hydrogen (secondary N) is 2. The fraction of sp³-hybridized carbons (Fsp3) is 0.111. The van der Waals surface area contributed by atoms with Crippen LogP contribution in [0.3, 0.4) is 0 Å². The zero-order chi connectivity index (χ0) is 17.6. The molecule has 2 N–H and O–H groups in total. The molecular formula is C18H17N5O2. The lowest BCUT2D eigenvalue weighted by Gasteiger charge is -2.03. The Bertz CT molecular complexity index is 918. The van der Waals surface area contributed by atoms with Crippen LogP contribution in [-0.2, 0) is 6.54 Å². The van der Waals surface area contributed by atoms with Crippen LogP contribution in [-0.4, -0.2) is 32.7 Å². The fourth-order valence-corrected chi connectivity index (χ4v) is 2.37. The molecule has 0 saturated heterocycles. The number of carbonyl (C=O) groups excluding carboxylic acids is 2. The Labute approximate surface area is 144 Å². The highest BCUT2D eigenvalue weighted by Crippen LogP contribution is 2.13. The highest BCUT2D eigenvalue weighted by molar-refractivity contribution is 6.02. The highest BCUT2D eigenvalue weighted by atomic mass is 16.2. The monoisotopic (exact) mass is 335 g/mol. The quantitative estimate of drug-likeness (QED) is 0.669. The van der Waals surface area contributed by atoms with E-state index in [1.54, 1.807) is 41.1 Å². The second-order valence-corrected chi connectivity index (χ2v) is 5.24. The Balaban J connectivity index is 1.86. The van der Waals surface area contributed by atoms with E-state index in [1.165, 1.54) is 0 Å². The molecule has 0 radical (unpaired) electrons. The first-order valence-electron chi connectivity index (χ1n) is 7.75. The minimum absolute atomic E-state index is 0.153. The molecule has 25 heavy (non-hydrogen) atoms. The smallest absolute Gasteiger partial charge is 0.287 e. The van der Waals surface area contributed by atoms with Gasteiger partial charge in [-0.1, -0.05) is 18.2 Å². The van der Waals surface area contributed by atoms with E-state index in [-0.39, 0.29) is 29.9 Å². The number of imidazole rings is 1. The summed E-state index contributed by atoms with van der Waals surface area (Å²) in [5.74, 6) is -0.581. The standard InChI is InChI=1S/C18H17N5O2/c1-2-9-20-18(25)16-22-15(14-8-4-6-11-23(14)16)17(24)21-12-13-7-3-5-10-19-13/h2-8,10-11H,1,9,12H2,(H,20,25)(H,21,24). The van der Waals surface area contributed by atoms with E-state index in [4.69, 9.17) is 0 Å². The van der Waals surface area contributed by atoms with Gasteiger partial charge in [0.1, 0.15) is 0 Å². The SMILES string of the molecule is C=CCNC(=O)c1nc(C(=O)NCc2ccccn2)c2ccccn12. The van der Waals surface area contributed by atoms with Crippen molar-refractivity contribution in [2.45, 2.75) is 6.54 Å². The summed E-state index contributed by atoms with van der Waals surface area (Å²) in [6, 6.07) is 10.8. The molecule has 0 atom stereocenters. The zero-order valence-corrected chi connectivity index (χ0v) is 13.5. The predicted molar refractivity (Wildman–Crippen MR) is 93.1 cm³/mol. The molecule has 3 heterocycles. The lowest BCUT2D eigenvalue weighted by Crippen LogP contribution is -2.26. The van der Waals surface area contributed by atoms with Crippen LogP contribution in [0.2, 0.25) is 0 Å². The maximum absolute atomic E-state index is 12.5. The fourth-order valence-electron chi connectivity index (χ4n) is 2.37. The molecule has 126 valence electrons. The number of rotatable bonds is 6. The number of hydrogen-bond donors (Lipinski definition) is 2. The van der Waals surface area contributed by atoms with Gasteiger partial charge in [0.2, 0.25) is 5.82 Å². The second-order valence-electron chi connectivity index (χ2n) is 5.24. The maximum atomic E-state index is 12.5. The average molecular weight is 335 g/mol. The number of fused-ring (bicyclic) bond motifs is 1. The molecule has 7 nitrogen and oxygen atoms in total. The van der Waals surface area contributed by atoms with Crippen molar-refractivity contribution in [1.82, 2.24) is 25.0 Å². The van der Waals surface area contributed by atoms with Gasteiger partial charge in [-0.05, 0) is 24.3 Å².